The molecule has 2 fully saturated rings. The zero-order valence-electron chi connectivity index (χ0n) is 23.4. The number of aromatic nitrogens is 1. The minimum absolute atomic E-state index is 0.0340. The van der Waals surface area contributed by atoms with Gasteiger partial charge in [-0.3, -0.25) is 9.78 Å². The first-order chi connectivity index (χ1) is 19.6. The van der Waals surface area contributed by atoms with Crippen molar-refractivity contribution in [2.24, 2.45) is 5.92 Å². The van der Waals surface area contributed by atoms with Gasteiger partial charge in [-0.15, -0.1) is 0 Å². The maximum absolute atomic E-state index is 13.3. The number of benzene rings is 1. The molecule has 1 amide bonds. The molecule has 3 heterocycles. The van der Waals surface area contributed by atoms with E-state index in [9.17, 15) is 22.8 Å². The van der Waals surface area contributed by atoms with Crippen LogP contribution in [0, 0.1) is 5.92 Å². The largest absolute Gasteiger partial charge is 0.455 e. The number of alkyl halides is 3. The van der Waals surface area contributed by atoms with Gasteiger partial charge in [0.2, 0.25) is 5.91 Å². The zero-order valence-corrected chi connectivity index (χ0v) is 24.1. The van der Waals surface area contributed by atoms with Gasteiger partial charge in [-0.1, -0.05) is 37.9 Å². The van der Waals surface area contributed by atoms with E-state index < -0.39 is 23.8 Å². The van der Waals surface area contributed by atoms with Crippen LogP contribution in [0.5, 0.6) is 0 Å². The molecule has 3 aliphatic rings. The van der Waals surface area contributed by atoms with Crippen molar-refractivity contribution in [3.05, 3.63) is 63.9 Å². The summed E-state index contributed by atoms with van der Waals surface area (Å²) in [5.41, 5.74) is 0.649. The number of esters is 1. The summed E-state index contributed by atoms with van der Waals surface area (Å²) in [7, 11) is 0. The Morgan fingerprint density at radius 3 is 2.71 bits per heavy atom. The van der Waals surface area contributed by atoms with Crippen LogP contribution < -0.4 is 5.32 Å². The lowest BCUT2D eigenvalue weighted by Gasteiger charge is -2.34. The SMILES string of the molecule is CCC.O=C(OC1COCCC1NC1CCC(C(=O)N2CCc3ncc(C(F)(F)F)cc3C2)C1)c1cccc(Cl)c1. The van der Waals surface area contributed by atoms with Crippen LogP contribution in [0.25, 0.3) is 0 Å². The number of carbonyl (C=O) groups excluding carboxylic acids is 2. The summed E-state index contributed by atoms with van der Waals surface area (Å²) in [6, 6.07) is 7.64. The third kappa shape index (κ3) is 8.20. The Bertz CT molecular complexity index is 1210. The number of hydrogen-bond donors (Lipinski definition) is 1. The molecule has 1 aromatic carbocycles. The maximum atomic E-state index is 13.3. The monoisotopic (exact) mass is 595 g/mol. The molecule has 0 bridgehead atoms. The van der Waals surface area contributed by atoms with E-state index in [4.69, 9.17) is 21.1 Å². The summed E-state index contributed by atoms with van der Waals surface area (Å²) < 4.78 is 50.7. The third-order valence-electron chi connectivity index (χ3n) is 7.53. The van der Waals surface area contributed by atoms with E-state index in [1.54, 1.807) is 29.2 Å². The van der Waals surface area contributed by atoms with E-state index in [0.29, 0.717) is 60.7 Å². The van der Waals surface area contributed by atoms with Crippen molar-refractivity contribution in [3.8, 4) is 0 Å². The number of nitrogens with one attached hydrogen (secondary N) is 1. The Hall–Kier alpha value is -2.69. The van der Waals surface area contributed by atoms with Crippen LogP contribution in [0.1, 0.15) is 73.1 Å². The highest BCUT2D eigenvalue weighted by Crippen LogP contribution is 2.33. The molecule has 1 aromatic heterocycles. The molecular formula is C30H37ClF3N3O4. The summed E-state index contributed by atoms with van der Waals surface area (Å²) in [5, 5.41) is 4.02. The van der Waals surface area contributed by atoms with E-state index in [2.05, 4.69) is 24.1 Å². The number of pyridine rings is 1. The second-order valence-corrected chi connectivity index (χ2v) is 11.3. The number of fused-ring (bicyclic) bond motifs is 1. The number of halogens is 4. The summed E-state index contributed by atoms with van der Waals surface area (Å²) in [5.74, 6) is -0.712. The number of hydrogen-bond acceptors (Lipinski definition) is 6. The fourth-order valence-corrected chi connectivity index (χ4v) is 5.72. The Balaban J connectivity index is 0.00000124. The van der Waals surface area contributed by atoms with Crippen molar-refractivity contribution in [2.45, 2.75) is 83.3 Å². The van der Waals surface area contributed by atoms with Crippen molar-refractivity contribution < 1.29 is 32.2 Å². The minimum atomic E-state index is -4.47. The van der Waals surface area contributed by atoms with Crippen molar-refractivity contribution in [2.75, 3.05) is 19.8 Å². The molecular weight excluding hydrogens is 559 g/mol. The number of amides is 1. The van der Waals surface area contributed by atoms with Crippen LogP contribution in [-0.4, -0.2) is 59.7 Å². The van der Waals surface area contributed by atoms with E-state index in [-0.39, 0.29) is 37.1 Å². The van der Waals surface area contributed by atoms with Gasteiger partial charge in [0, 0.05) is 61.0 Å². The Kier molecular flexibility index (Phi) is 10.7. The molecule has 5 rings (SSSR count). The average Bonchev–Trinajstić information content (AvgIpc) is 3.41. The van der Waals surface area contributed by atoms with Crippen LogP contribution >= 0.6 is 11.6 Å². The summed E-state index contributed by atoms with van der Waals surface area (Å²) in [6.07, 6.45) is 0.371. The van der Waals surface area contributed by atoms with Gasteiger partial charge in [0.1, 0.15) is 6.10 Å². The Morgan fingerprint density at radius 1 is 1.20 bits per heavy atom. The van der Waals surface area contributed by atoms with Crippen LogP contribution in [0.2, 0.25) is 5.02 Å². The molecule has 1 saturated carbocycles. The highest BCUT2D eigenvalue weighted by Gasteiger charge is 2.38. The molecule has 1 aliphatic carbocycles. The molecule has 41 heavy (non-hydrogen) atoms. The number of nitrogens with zero attached hydrogens (tertiary/aromatic N) is 2. The lowest BCUT2D eigenvalue weighted by atomic mass is 10.00. The van der Waals surface area contributed by atoms with Gasteiger partial charge < -0.3 is 19.7 Å². The lowest BCUT2D eigenvalue weighted by molar-refractivity contribution is -0.138. The Morgan fingerprint density at radius 2 is 1.98 bits per heavy atom. The highest BCUT2D eigenvalue weighted by atomic mass is 35.5. The van der Waals surface area contributed by atoms with Gasteiger partial charge in [0.15, 0.2) is 0 Å². The van der Waals surface area contributed by atoms with E-state index in [0.717, 1.165) is 18.7 Å². The number of rotatable bonds is 5. The van der Waals surface area contributed by atoms with Crippen LogP contribution in [-0.2, 0) is 33.4 Å². The molecule has 0 spiro atoms. The van der Waals surface area contributed by atoms with Crippen LogP contribution in [0.3, 0.4) is 0 Å². The molecule has 2 aromatic rings. The van der Waals surface area contributed by atoms with Gasteiger partial charge in [-0.2, -0.15) is 13.2 Å². The van der Waals surface area contributed by atoms with Crippen LogP contribution in [0.4, 0.5) is 13.2 Å². The second-order valence-electron chi connectivity index (χ2n) is 10.8. The lowest BCUT2D eigenvalue weighted by Crippen LogP contribution is -2.51. The van der Waals surface area contributed by atoms with Crippen molar-refractivity contribution >= 4 is 23.5 Å². The normalized spacial score (nSPS) is 24.2. The quantitative estimate of drug-likeness (QED) is 0.438. The van der Waals surface area contributed by atoms with Crippen molar-refractivity contribution in [1.82, 2.24) is 15.2 Å². The molecule has 11 heteroatoms. The minimum Gasteiger partial charge on any atom is -0.455 e. The molecule has 0 radical (unpaired) electrons. The fraction of sp³-hybridized carbons (Fsp3) is 0.567. The summed E-state index contributed by atoms with van der Waals surface area (Å²) in [6.45, 7) is 5.65. The predicted octanol–water partition coefficient (Wildman–Crippen LogP) is 5.83. The molecule has 224 valence electrons. The van der Waals surface area contributed by atoms with Crippen molar-refractivity contribution in [3.63, 3.8) is 0 Å². The van der Waals surface area contributed by atoms with Gasteiger partial charge in [-0.05, 0) is 55.5 Å². The molecule has 7 nitrogen and oxygen atoms in total. The van der Waals surface area contributed by atoms with Crippen LogP contribution in [0.15, 0.2) is 36.5 Å². The van der Waals surface area contributed by atoms with E-state index >= 15 is 0 Å². The predicted molar refractivity (Wildman–Crippen MR) is 148 cm³/mol. The molecule has 2 aliphatic heterocycles. The smallest absolute Gasteiger partial charge is 0.417 e. The Labute approximate surface area is 243 Å². The fourth-order valence-electron chi connectivity index (χ4n) is 5.53. The zero-order chi connectivity index (χ0) is 29.6. The number of carbonyl (C=O) groups is 2. The first-order valence-electron chi connectivity index (χ1n) is 14.2. The van der Waals surface area contributed by atoms with Gasteiger partial charge in [0.25, 0.3) is 0 Å². The molecule has 4 atom stereocenters. The number of ether oxygens (including phenoxy) is 2. The topological polar surface area (TPSA) is 80.8 Å². The van der Waals surface area contributed by atoms with Gasteiger partial charge >= 0.3 is 12.1 Å². The molecule has 1 N–H and O–H groups in total. The van der Waals surface area contributed by atoms with Gasteiger partial charge in [-0.25, -0.2) is 4.79 Å². The highest BCUT2D eigenvalue weighted by molar-refractivity contribution is 6.30. The maximum Gasteiger partial charge on any atom is 0.417 e. The van der Waals surface area contributed by atoms with E-state index in [1.165, 1.54) is 6.42 Å². The summed E-state index contributed by atoms with van der Waals surface area (Å²) in [4.78, 5) is 31.6. The third-order valence-corrected chi connectivity index (χ3v) is 7.77. The standard InChI is InChI=1S/C27H29ClF3N3O4.C3H8/c28-20-3-1-2-17(11-20)26(36)38-24-15-37-9-7-23(24)33-21-5-4-16(12-21)25(35)34-8-6-22-18(14-34)10-19(13-32-22)27(29,30)31;1-3-2/h1-3,10-11,13,16,21,23-24,33H,4-9,12,14-15H2;3H2,1-2H3. The first kappa shape index (κ1) is 31.3. The van der Waals surface area contributed by atoms with Gasteiger partial charge in [0.05, 0.1) is 17.7 Å². The molecule has 1 saturated heterocycles. The molecule has 4 unspecified atom stereocenters. The van der Waals surface area contributed by atoms with Crippen molar-refractivity contribution in [1.29, 1.82) is 0 Å². The average molecular weight is 596 g/mol. The first-order valence-corrected chi connectivity index (χ1v) is 14.6. The summed E-state index contributed by atoms with van der Waals surface area (Å²) >= 11 is 5.99. The van der Waals surface area contributed by atoms with E-state index in [1.807, 2.05) is 0 Å². The second kappa shape index (κ2) is 14.0.